The minimum atomic E-state index is -0.353. The maximum Gasteiger partial charge on any atom is 0.276 e. The van der Waals surface area contributed by atoms with Crippen LogP contribution in [0.5, 0.6) is 0 Å². The lowest BCUT2D eigenvalue weighted by Gasteiger charge is -2.04. The van der Waals surface area contributed by atoms with E-state index in [4.69, 9.17) is 23.2 Å². The number of anilines is 1. The first-order valence-corrected chi connectivity index (χ1v) is 6.45. The maximum atomic E-state index is 12.1. The zero-order valence-electron chi connectivity index (χ0n) is 10.0. The predicted octanol–water partition coefficient (Wildman–Crippen LogP) is 3.29. The average molecular weight is 307 g/mol. The van der Waals surface area contributed by atoms with Gasteiger partial charge in [-0.05, 0) is 24.3 Å². The summed E-state index contributed by atoms with van der Waals surface area (Å²) in [4.78, 5) is 16.2. The van der Waals surface area contributed by atoms with Gasteiger partial charge in [-0.25, -0.2) is 9.50 Å². The highest BCUT2D eigenvalue weighted by atomic mass is 35.5. The number of aromatic nitrogens is 3. The number of carbonyl (C=O) groups excluding carboxylic acids is 1. The third-order valence-electron chi connectivity index (χ3n) is 2.59. The molecule has 2 aromatic heterocycles. The smallest absolute Gasteiger partial charge is 0.276 e. The number of hydrogen-bond acceptors (Lipinski definition) is 3. The van der Waals surface area contributed by atoms with E-state index in [1.54, 1.807) is 42.7 Å². The maximum absolute atomic E-state index is 12.1. The topological polar surface area (TPSA) is 59.3 Å². The number of nitrogens with one attached hydrogen (secondary N) is 1. The fraction of sp³-hybridized carbons (Fsp3) is 0. The van der Waals surface area contributed by atoms with Crippen molar-refractivity contribution in [1.82, 2.24) is 14.6 Å². The molecule has 1 amide bonds. The summed E-state index contributed by atoms with van der Waals surface area (Å²) in [6.45, 7) is 0. The zero-order chi connectivity index (χ0) is 14.1. The summed E-state index contributed by atoms with van der Waals surface area (Å²) >= 11 is 11.8. The Balaban J connectivity index is 1.88. The number of benzene rings is 1. The second-order valence-corrected chi connectivity index (χ2v) is 4.94. The Morgan fingerprint density at radius 1 is 1.15 bits per heavy atom. The van der Waals surface area contributed by atoms with E-state index in [-0.39, 0.29) is 11.6 Å². The fourth-order valence-electron chi connectivity index (χ4n) is 1.76. The number of fused-ring (bicyclic) bond motifs is 1. The summed E-state index contributed by atoms with van der Waals surface area (Å²) < 4.78 is 1.53. The first kappa shape index (κ1) is 12.9. The summed E-state index contributed by atoms with van der Waals surface area (Å²) in [5, 5.41) is 7.72. The van der Waals surface area contributed by atoms with Crippen LogP contribution in [0.15, 0.2) is 42.7 Å². The van der Waals surface area contributed by atoms with Gasteiger partial charge in [0.1, 0.15) is 0 Å². The fourth-order valence-corrected chi connectivity index (χ4v) is 2.29. The van der Waals surface area contributed by atoms with Crippen molar-refractivity contribution in [3.05, 3.63) is 58.5 Å². The Bertz CT molecular complexity index is 747. The van der Waals surface area contributed by atoms with Crippen LogP contribution in [0.4, 0.5) is 5.69 Å². The number of rotatable bonds is 2. The molecule has 0 atom stereocenters. The highest BCUT2D eigenvalue weighted by Crippen LogP contribution is 2.22. The summed E-state index contributed by atoms with van der Waals surface area (Å²) in [7, 11) is 0. The van der Waals surface area contributed by atoms with Crippen molar-refractivity contribution in [2.24, 2.45) is 0 Å². The molecule has 5 nitrogen and oxygen atoms in total. The molecule has 3 rings (SSSR count). The van der Waals surface area contributed by atoms with Crippen LogP contribution >= 0.6 is 23.2 Å². The van der Waals surface area contributed by atoms with Gasteiger partial charge in [0.15, 0.2) is 11.3 Å². The van der Waals surface area contributed by atoms with Crippen molar-refractivity contribution in [2.75, 3.05) is 5.32 Å². The molecule has 100 valence electrons. The molecular formula is C13H8Cl2N4O. The summed E-state index contributed by atoms with van der Waals surface area (Å²) in [5.74, 6) is -0.353. The molecule has 1 aromatic carbocycles. The van der Waals surface area contributed by atoms with Gasteiger partial charge in [-0.1, -0.05) is 23.2 Å². The van der Waals surface area contributed by atoms with Crippen LogP contribution in [-0.4, -0.2) is 20.5 Å². The Morgan fingerprint density at radius 2 is 1.90 bits per heavy atom. The molecule has 0 unspecified atom stereocenters. The van der Waals surface area contributed by atoms with Gasteiger partial charge in [0.25, 0.3) is 5.91 Å². The molecule has 0 saturated heterocycles. The molecule has 1 N–H and O–H groups in total. The van der Waals surface area contributed by atoms with E-state index in [0.29, 0.717) is 21.4 Å². The minimum Gasteiger partial charge on any atom is -0.320 e. The molecule has 7 heteroatoms. The van der Waals surface area contributed by atoms with Crippen molar-refractivity contribution in [3.63, 3.8) is 0 Å². The summed E-state index contributed by atoms with van der Waals surface area (Å²) in [5.41, 5.74) is 1.37. The Hall–Kier alpha value is -2.11. The number of carbonyl (C=O) groups is 1. The first-order chi connectivity index (χ1) is 9.61. The zero-order valence-corrected chi connectivity index (χ0v) is 11.6. The number of amides is 1. The average Bonchev–Trinajstić information content (AvgIpc) is 2.81. The van der Waals surface area contributed by atoms with Gasteiger partial charge in [-0.2, -0.15) is 5.10 Å². The van der Waals surface area contributed by atoms with Crippen LogP contribution in [0.25, 0.3) is 5.65 Å². The highest BCUT2D eigenvalue weighted by molar-refractivity contribution is 6.35. The van der Waals surface area contributed by atoms with E-state index >= 15 is 0 Å². The van der Waals surface area contributed by atoms with Crippen molar-refractivity contribution >= 4 is 40.4 Å². The molecule has 20 heavy (non-hydrogen) atoms. The van der Waals surface area contributed by atoms with E-state index in [0.717, 1.165) is 0 Å². The van der Waals surface area contributed by atoms with Crippen LogP contribution in [0.2, 0.25) is 10.0 Å². The third-order valence-corrected chi connectivity index (χ3v) is 3.03. The molecule has 0 bridgehead atoms. The Morgan fingerprint density at radius 3 is 2.60 bits per heavy atom. The van der Waals surface area contributed by atoms with E-state index < -0.39 is 0 Å². The predicted molar refractivity (Wildman–Crippen MR) is 77.4 cm³/mol. The van der Waals surface area contributed by atoms with Gasteiger partial charge < -0.3 is 5.32 Å². The van der Waals surface area contributed by atoms with Gasteiger partial charge in [-0.15, -0.1) is 0 Å². The lowest BCUT2D eigenvalue weighted by atomic mass is 10.3. The SMILES string of the molecule is O=C(Nc1cc(Cl)cc(Cl)c1)c1cc2ncccn2n1. The van der Waals surface area contributed by atoms with Crippen molar-refractivity contribution in [3.8, 4) is 0 Å². The van der Waals surface area contributed by atoms with Crippen LogP contribution in [0.3, 0.4) is 0 Å². The molecule has 0 aliphatic carbocycles. The van der Waals surface area contributed by atoms with E-state index in [1.807, 2.05) is 0 Å². The summed E-state index contributed by atoms with van der Waals surface area (Å²) in [6.07, 6.45) is 3.35. The number of nitrogens with zero attached hydrogens (tertiary/aromatic N) is 3. The molecule has 0 saturated carbocycles. The van der Waals surface area contributed by atoms with Gasteiger partial charge in [0, 0.05) is 34.2 Å². The number of hydrogen-bond donors (Lipinski definition) is 1. The van der Waals surface area contributed by atoms with E-state index in [2.05, 4.69) is 15.4 Å². The quantitative estimate of drug-likeness (QED) is 0.790. The second-order valence-electron chi connectivity index (χ2n) is 4.06. The molecular weight excluding hydrogens is 299 g/mol. The van der Waals surface area contributed by atoms with Crippen LogP contribution in [0.1, 0.15) is 10.5 Å². The second kappa shape index (κ2) is 5.11. The van der Waals surface area contributed by atoms with Crippen LogP contribution < -0.4 is 5.32 Å². The minimum absolute atomic E-state index is 0.264. The first-order valence-electron chi connectivity index (χ1n) is 5.70. The van der Waals surface area contributed by atoms with E-state index in [1.165, 1.54) is 4.52 Å². The summed E-state index contributed by atoms with van der Waals surface area (Å²) in [6, 6.07) is 8.15. The Labute approximate surface area is 124 Å². The standard InChI is InChI=1S/C13H8Cl2N4O/c14-8-4-9(15)6-10(5-8)17-13(20)11-7-12-16-2-1-3-19(12)18-11/h1-7H,(H,17,20). The monoisotopic (exact) mass is 306 g/mol. The van der Waals surface area contributed by atoms with Gasteiger partial charge >= 0.3 is 0 Å². The lowest BCUT2D eigenvalue weighted by molar-refractivity contribution is 0.102. The molecule has 0 aliphatic rings. The Kier molecular flexibility index (Phi) is 3.30. The molecule has 0 aliphatic heterocycles. The van der Waals surface area contributed by atoms with Gasteiger partial charge in [0.05, 0.1) is 0 Å². The normalized spacial score (nSPS) is 10.7. The molecule has 3 aromatic rings. The van der Waals surface area contributed by atoms with Crippen molar-refractivity contribution in [2.45, 2.75) is 0 Å². The van der Waals surface area contributed by atoms with E-state index in [9.17, 15) is 4.79 Å². The molecule has 0 radical (unpaired) electrons. The van der Waals surface area contributed by atoms with Crippen LogP contribution in [-0.2, 0) is 0 Å². The highest BCUT2D eigenvalue weighted by Gasteiger charge is 2.12. The van der Waals surface area contributed by atoms with Gasteiger partial charge in [0.2, 0.25) is 0 Å². The van der Waals surface area contributed by atoms with Crippen molar-refractivity contribution < 1.29 is 4.79 Å². The van der Waals surface area contributed by atoms with Gasteiger partial charge in [-0.3, -0.25) is 4.79 Å². The third kappa shape index (κ3) is 2.59. The molecule has 2 heterocycles. The molecule has 0 fully saturated rings. The number of halogens is 2. The largest absolute Gasteiger partial charge is 0.320 e. The van der Waals surface area contributed by atoms with Crippen LogP contribution in [0, 0.1) is 0 Å². The van der Waals surface area contributed by atoms with Crippen molar-refractivity contribution in [1.29, 1.82) is 0 Å². The molecule has 0 spiro atoms. The lowest BCUT2D eigenvalue weighted by Crippen LogP contribution is -2.12.